The summed E-state index contributed by atoms with van der Waals surface area (Å²) < 4.78 is 14.0. The highest BCUT2D eigenvalue weighted by molar-refractivity contribution is 6.30. The topological polar surface area (TPSA) is 76.9 Å². The third-order valence-electron chi connectivity index (χ3n) is 6.46. The zero-order valence-electron chi connectivity index (χ0n) is 21.3. The highest BCUT2D eigenvalue weighted by Gasteiger charge is 2.42. The summed E-state index contributed by atoms with van der Waals surface area (Å²) in [4.78, 5) is 29.9. The van der Waals surface area contributed by atoms with Gasteiger partial charge in [-0.1, -0.05) is 41.9 Å². The second-order valence-corrected chi connectivity index (χ2v) is 9.96. The van der Waals surface area contributed by atoms with E-state index in [1.807, 2.05) is 43.6 Å². The van der Waals surface area contributed by atoms with Gasteiger partial charge in [-0.3, -0.25) is 14.3 Å². The molecular formula is C28H33ClN4O4. The molecule has 0 spiro atoms. The van der Waals surface area contributed by atoms with Gasteiger partial charge in [0.25, 0.3) is 0 Å². The minimum atomic E-state index is -0.968. The first-order valence-corrected chi connectivity index (χ1v) is 12.8. The molecule has 0 bridgehead atoms. The molecule has 0 unspecified atom stereocenters. The van der Waals surface area contributed by atoms with E-state index in [0.717, 1.165) is 11.1 Å². The van der Waals surface area contributed by atoms with Crippen LogP contribution in [-0.2, 0) is 34.3 Å². The van der Waals surface area contributed by atoms with E-state index in [-0.39, 0.29) is 31.4 Å². The third-order valence-corrected chi connectivity index (χ3v) is 6.72. The zero-order chi connectivity index (χ0) is 26.3. The highest BCUT2D eigenvalue weighted by atomic mass is 35.5. The minimum absolute atomic E-state index is 0.0214. The number of amides is 2. The molecule has 1 aliphatic heterocycles. The molecule has 4 rings (SSSR count). The number of halogens is 1. The molecule has 9 heteroatoms. The number of benzene rings is 2. The Morgan fingerprint density at radius 3 is 2.59 bits per heavy atom. The van der Waals surface area contributed by atoms with E-state index in [4.69, 9.17) is 21.1 Å². The van der Waals surface area contributed by atoms with Crippen LogP contribution in [0, 0.1) is 0 Å². The van der Waals surface area contributed by atoms with E-state index in [1.54, 1.807) is 52.0 Å². The number of morpholine rings is 1. The van der Waals surface area contributed by atoms with Gasteiger partial charge in [0.05, 0.1) is 25.8 Å². The Hall–Kier alpha value is -3.36. The lowest BCUT2D eigenvalue weighted by Crippen LogP contribution is -2.58. The number of hydrogen-bond donors (Lipinski definition) is 0. The molecule has 0 N–H and O–H groups in total. The molecule has 1 aromatic heterocycles. The van der Waals surface area contributed by atoms with Gasteiger partial charge in [-0.15, -0.1) is 0 Å². The number of ether oxygens (including phenoxy) is 2. The summed E-state index contributed by atoms with van der Waals surface area (Å²) >= 11 is 6.01. The van der Waals surface area contributed by atoms with Crippen LogP contribution in [0.5, 0.6) is 5.75 Å². The van der Waals surface area contributed by atoms with Gasteiger partial charge in [-0.05, 0) is 41.8 Å². The smallest absolute Gasteiger partial charge is 0.225 e. The Balaban J connectivity index is 1.45. The van der Waals surface area contributed by atoms with Crippen molar-refractivity contribution in [2.24, 2.45) is 7.05 Å². The Morgan fingerprint density at radius 1 is 1.14 bits per heavy atom. The summed E-state index contributed by atoms with van der Waals surface area (Å²) in [6.45, 7) is 1.70. The van der Waals surface area contributed by atoms with Gasteiger partial charge in [0.15, 0.2) is 0 Å². The van der Waals surface area contributed by atoms with Gasteiger partial charge < -0.3 is 19.3 Å². The molecule has 3 aromatic rings. The number of nitrogens with zero attached hydrogens (tertiary/aromatic N) is 4. The lowest BCUT2D eigenvalue weighted by Gasteiger charge is -2.42. The van der Waals surface area contributed by atoms with E-state index in [1.165, 1.54) is 0 Å². The molecule has 1 fully saturated rings. The molecule has 1 saturated heterocycles. The van der Waals surface area contributed by atoms with Crippen LogP contribution in [0.25, 0.3) is 0 Å². The maximum absolute atomic E-state index is 13.3. The maximum Gasteiger partial charge on any atom is 0.225 e. The molecule has 37 heavy (non-hydrogen) atoms. The summed E-state index contributed by atoms with van der Waals surface area (Å²) in [5.41, 5.74) is 1.09. The number of carbonyl (C=O) groups excluding carboxylic acids is 2. The molecule has 0 radical (unpaired) electrons. The molecule has 196 valence electrons. The lowest BCUT2D eigenvalue weighted by molar-refractivity contribution is -0.165. The monoisotopic (exact) mass is 524 g/mol. The number of carbonyl (C=O) groups is 2. The fourth-order valence-corrected chi connectivity index (χ4v) is 4.54. The average molecular weight is 525 g/mol. The Morgan fingerprint density at radius 2 is 1.89 bits per heavy atom. The van der Waals surface area contributed by atoms with E-state index >= 15 is 0 Å². The van der Waals surface area contributed by atoms with Crippen molar-refractivity contribution >= 4 is 23.4 Å². The van der Waals surface area contributed by atoms with Crippen LogP contribution in [0.15, 0.2) is 67.0 Å². The van der Waals surface area contributed by atoms with E-state index in [2.05, 4.69) is 5.10 Å². The van der Waals surface area contributed by atoms with E-state index < -0.39 is 5.60 Å². The van der Waals surface area contributed by atoms with Crippen LogP contribution in [0.2, 0.25) is 5.02 Å². The number of aromatic nitrogens is 2. The van der Waals surface area contributed by atoms with E-state index in [0.29, 0.717) is 43.3 Å². The van der Waals surface area contributed by atoms with Crippen molar-refractivity contribution in [1.82, 2.24) is 19.6 Å². The maximum atomic E-state index is 13.3. The summed E-state index contributed by atoms with van der Waals surface area (Å²) in [5, 5.41) is 4.78. The van der Waals surface area contributed by atoms with Crippen LogP contribution in [0.4, 0.5) is 0 Å². The first-order valence-electron chi connectivity index (χ1n) is 12.4. The van der Waals surface area contributed by atoms with Crippen molar-refractivity contribution in [3.05, 3.63) is 83.1 Å². The number of rotatable bonds is 10. The SMILES string of the molecule is CN(Cc1ccccc1)C(=O)C[C@@]1(COc2ccc(Cl)cc2)CN(C(=O)CCc2cnn(C)c2)CCO1. The van der Waals surface area contributed by atoms with Gasteiger partial charge in [-0.2, -0.15) is 5.10 Å². The fourth-order valence-electron chi connectivity index (χ4n) is 4.42. The summed E-state index contributed by atoms with van der Waals surface area (Å²) in [5.74, 6) is 0.568. The van der Waals surface area contributed by atoms with Crippen molar-refractivity contribution in [2.75, 3.05) is 33.4 Å². The molecular weight excluding hydrogens is 492 g/mol. The van der Waals surface area contributed by atoms with E-state index in [9.17, 15) is 9.59 Å². The van der Waals surface area contributed by atoms with Crippen molar-refractivity contribution in [3.8, 4) is 5.75 Å². The molecule has 0 saturated carbocycles. The predicted octanol–water partition coefficient (Wildman–Crippen LogP) is 3.73. The highest BCUT2D eigenvalue weighted by Crippen LogP contribution is 2.27. The Bertz CT molecular complexity index is 1180. The molecule has 1 atom stereocenters. The summed E-state index contributed by atoms with van der Waals surface area (Å²) in [6.07, 6.45) is 4.76. The van der Waals surface area contributed by atoms with Crippen molar-refractivity contribution in [2.45, 2.75) is 31.4 Å². The van der Waals surface area contributed by atoms with Crippen LogP contribution in [-0.4, -0.2) is 70.3 Å². The van der Waals surface area contributed by atoms with Gasteiger partial charge in [0, 0.05) is 44.8 Å². The summed E-state index contributed by atoms with van der Waals surface area (Å²) in [6, 6.07) is 16.9. The van der Waals surface area contributed by atoms with Gasteiger partial charge in [-0.25, -0.2) is 0 Å². The van der Waals surface area contributed by atoms with Crippen molar-refractivity contribution < 1.29 is 19.1 Å². The molecule has 8 nitrogen and oxygen atoms in total. The molecule has 2 amide bonds. The quantitative estimate of drug-likeness (QED) is 0.404. The number of hydrogen-bond acceptors (Lipinski definition) is 5. The van der Waals surface area contributed by atoms with Crippen molar-refractivity contribution in [1.29, 1.82) is 0 Å². The Labute approximate surface area is 222 Å². The minimum Gasteiger partial charge on any atom is -0.490 e. The normalized spacial score (nSPS) is 17.4. The van der Waals surface area contributed by atoms with Gasteiger partial charge in [0.2, 0.25) is 11.8 Å². The van der Waals surface area contributed by atoms with Gasteiger partial charge in [0.1, 0.15) is 18.0 Å². The van der Waals surface area contributed by atoms with Gasteiger partial charge >= 0.3 is 0 Å². The summed E-state index contributed by atoms with van der Waals surface area (Å²) in [7, 11) is 3.64. The molecule has 2 heterocycles. The van der Waals surface area contributed by atoms with Crippen LogP contribution < -0.4 is 4.74 Å². The van der Waals surface area contributed by atoms with Crippen LogP contribution in [0.1, 0.15) is 24.0 Å². The zero-order valence-corrected chi connectivity index (χ0v) is 22.1. The number of aryl methyl sites for hydroxylation is 2. The molecule has 0 aliphatic carbocycles. The third kappa shape index (κ3) is 7.57. The van der Waals surface area contributed by atoms with Crippen LogP contribution in [0.3, 0.4) is 0 Å². The lowest BCUT2D eigenvalue weighted by atomic mass is 9.96. The van der Waals surface area contributed by atoms with Crippen molar-refractivity contribution in [3.63, 3.8) is 0 Å². The predicted molar refractivity (Wildman–Crippen MR) is 141 cm³/mol. The second-order valence-electron chi connectivity index (χ2n) is 9.52. The fraction of sp³-hybridized carbons (Fsp3) is 0.393. The first-order chi connectivity index (χ1) is 17.8. The second kappa shape index (κ2) is 12.3. The van der Waals surface area contributed by atoms with Crippen LogP contribution >= 0.6 is 11.6 Å². The largest absolute Gasteiger partial charge is 0.490 e. The first kappa shape index (κ1) is 26.7. The molecule has 1 aliphatic rings. The standard InChI is InChI=1S/C28H33ClN4O4/c1-31(18-22-6-4-3-5-7-22)27(35)16-28(21-36-25-11-9-24(29)10-12-25)20-33(14-15-37-28)26(34)13-8-23-17-30-32(2)19-23/h3-7,9-12,17,19H,8,13-16,18,20-21H2,1-2H3/t28-/m0/s1. The Kier molecular flexibility index (Phi) is 8.84. The molecule has 2 aromatic carbocycles. The average Bonchev–Trinajstić information content (AvgIpc) is 3.32.